The third kappa shape index (κ3) is 3.43. The van der Waals surface area contributed by atoms with E-state index in [2.05, 4.69) is 29.8 Å². The third-order valence-corrected chi connectivity index (χ3v) is 3.41. The molecule has 1 aromatic rings. The van der Waals surface area contributed by atoms with Crippen LogP contribution in [0.2, 0.25) is 0 Å². The third-order valence-electron chi connectivity index (χ3n) is 3.41. The smallest absolute Gasteiger partial charge is 0.123 e. The molecule has 2 rings (SSSR count). The first-order valence-corrected chi connectivity index (χ1v) is 6.38. The number of piperidine rings is 1. The van der Waals surface area contributed by atoms with E-state index in [9.17, 15) is 0 Å². The molecule has 1 aliphatic heterocycles. The highest BCUT2D eigenvalue weighted by molar-refractivity contribution is 5.30. The van der Waals surface area contributed by atoms with Gasteiger partial charge in [-0.2, -0.15) is 0 Å². The van der Waals surface area contributed by atoms with Crippen molar-refractivity contribution in [1.82, 2.24) is 9.88 Å². The molecule has 17 heavy (non-hydrogen) atoms. The molecule has 3 nitrogen and oxygen atoms in total. The van der Waals surface area contributed by atoms with E-state index in [1.807, 2.05) is 12.3 Å². The van der Waals surface area contributed by atoms with Crippen LogP contribution in [-0.2, 0) is 0 Å². The van der Waals surface area contributed by atoms with Crippen molar-refractivity contribution in [3.8, 4) is 0 Å². The monoisotopic (exact) mass is 232 g/mol. The molecule has 1 aliphatic rings. The SMILES string of the molecule is C[C](C)CN1CCC(c2ccc(N)nc2)CC1. The Morgan fingerprint density at radius 3 is 2.59 bits per heavy atom. The summed E-state index contributed by atoms with van der Waals surface area (Å²) in [6.45, 7) is 7.94. The number of anilines is 1. The lowest BCUT2D eigenvalue weighted by Crippen LogP contribution is -2.35. The van der Waals surface area contributed by atoms with Crippen LogP contribution in [0.1, 0.15) is 38.2 Å². The molecule has 2 N–H and O–H groups in total. The first kappa shape index (κ1) is 12.4. The van der Waals surface area contributed by atoms with Crippen LogP contribution in [0.5, 0.6) is 0 Å². The van der Waals surface area contributed by atoms with Crippen molar-refractivity contribution < 1.29 is 0 Å². The summed E-state index contributed by atoms with van der Waals surface area (Å²) in [5.41, 5.74) is 6.95. The number of likely N-dealkylation sites (tertiary alicyclic amines) is 1. The molecule has 0 aromatic carbocycles. The fourth-order valence-corrected chi connectivity index (χ4v) is 2.53. The van der Waals surface area contributed by atoms with Gasteiger partial charge in [-0.3, -0.25) is 0 Å². The molecule has 0 spiro atoms. The van der Waals surface area contributed by atoms with Crippen molar-refractivity contribution in [2.24, 2.45) is 0 Å². The van der Waals surface area contributed by atoms with Gasteiger partial charge in [-0.1, -0.05) is 19.9 Å². The summed E-state index contributed by atoms with van der Waals surface area (Å²) < 4.78 is 0. The molecular weight excluding hydrogens is 210 g/mol. The summed E-state index contributed by atoms with van der Waals surface area (Å²) in [4.78, 5) is 6.72. The van der Waals surface area contributed by atoms with E-state index in [1.165, 1.54) is 37.4 Å². The van der Waals surface area contributed by atoms with Crippen molar-refractivity contribution in [3.63, 3.8) is 0 Å². The Kier molecular flexibility index (Phi) is 4.00. The van der Waals surface area contributed by atoms with Gasteiger partial charge in [-0.25, -0.2) is 4.98 Å². The van der Waals surface area contributed by atoms with Crippen molar-refractivity contribution in [1.29, 1.82) is 0 Å². The average Bonchev–Trinajstić information content (AvgIpc) is 2.30. The molecule has 1 radical (unpaired) electrons. The Bertz CT molecular complexity index is 337. The Morgan fingerprint density at radius 1 is 1.35 bits per heavy atom. The maximum absolute atomic E-state index is 5.61. The summed E-state index contributed by atoms with van der Waals surface area (Å²) in [6, 6.07) is 4.03. The van der Waals surface area contributed by atoms with Crippen LogP contribution >= 0.6 is 0 Å². The van der Waals surface area contributed by atoms with E-state index in [4.69, 9.17) is 5.73 Å². The van der Waals surface area contributed by atoms with Crippen LogP contribution in [0, 0.1) is 5.92 Å². The summed E-state index contributed by atoms with van der Waals surface area (Å²) in [5, 5.41) is 0. The first-order valence-electron chi connectivity index (χ1n) is 6.38. The minimum atomic E-state index is 0.613. The number of aromatic nitrogens is 1. The van der Waals surface area contributed by atoms with Gasteiger partial charge in [0, 0.05) is 12.7 Å². The molecule has 93 valence electrons. The van der Waals surface area contributed by atoms with Crippen molar-refractivity contribution in [2.75, 3.05) is 25.4 Å². The molecule has 3 heteroatoms. The number of pyridine rings is 1. The molecule has 1 fully saturated rings. The van der Waals surface area contributed by atoms with Crippen molar-refractivity contribution >= 4 is 5.82 Å². The van der Waals surface area contributed by atoms with Crippen LogP contribution in [0.3, 0.4) is 0 Å². The Hall–Kier alpha value is -1.09. The highest BCUT2D eigenvalue weighted by Gasteiger charge is 2.20. The van der Waals surface area contributed by atoms with Gasteiger partial charge in [0.05, 0.1) is 0 Å². The average molecular weight is 232 g/mol. The second-order valence-electron chi connectivity index (χ2n) is 5.27. The fraction of sp³-hybridized carbons (Fsp3) is 0.571. The van der Waals surface area contributed by atoms with Crippen LogP contribution in [-0.4, -0.2) is 29.5 Å². The molecule has 2 heterocycles. The van der Waals surface area contributed by atoms with Gasteiger partial charge >= 0.3 is 0 Å². The maximum atomic E-state index is 5.61. The summed E-state index contributed by atoms with van der Waals surface area (Å²) in [7, 11) is 0. The van der Waals surface area contributed by atoms with E-state index in [0.717, 1.165) is 6.54 Å². The maximum Gasteiger partial charge on any atom is 0.123 e. The predicted molar refractivity (Wildman–Crippen MR) is 71.7 cm³/mol. The van der Waals surface area contributed by atoms with Gasteiger partial charge in [-0.15, -0.1) is 0 Å². The first-order chi connectivity index (χ1) is 8.15. The molecule has 0 aliphatic carbocycles. The number of rotatable bonds is 3. The fourth-order valence-electron chi connectivity index (χ4n) is 2.53. The standard InChI is InChI=1S/C14H22N3/c1-11(2)10-17-7-5-12(6-8-17)13-3-4-14(15)16-9-13/h3-4,9,12H,5-8,10H2,1-2H3,(H2,15,16). The molecule has 1 aromatic heterocycles. The second kappa shape index (κ2) is 5.50. The minimum Gasteiger partial charge on any atom is -0.384 e. The zero-order valence-corrected chi connectivity index (χ0v) is 10.8. The van der Waals surface area contributed by atoms with Gasteiger partial charge in [0.1, 0.15) is 5.82 Å². The molecule has 0 unspecified atom stereocenters. The van der Waals surface area contributed by atoms with E-state index in [1.54, 1.807) is 0 Å². The van der Waals surface area contributed by atoms with E-state index in [-0.39, 0.29) is 0 Å². The van der Waals surface area contributed by atoms with Crippen LogP contribution in [0.4, 0.5) is 5.82 Å². The number of nitrogens with two attached hydrogens (primary N) is 1. The summed E-state index contributed by atoms with van der Waals surface area (Å²) in [5.74, 6) is 2.77. The van der Waals surface area contributed by atoms with E-state index >= 15 is 0 Å². The van der Waals surface area contributed by atoms with Crippen molar-refractivity contribution in [3.05, 3.63) is 29.8 Å². The largest absolute Gasteiger partial charge is 0.384 e. The van der Waals surface area contributed by atoms with Gasteiger partial charge < -0.3 is 10.6 Å². The topological polar surface area (TPSA) is 42.1 Å². The van der Waals surface area contributed by atoms with Crippen LogP contribution < -0.4 is 5.73 Å². The lowest BCUT2D eigenvalue weighted by molar-refractivity contribution is 0.220. The molecule has 0 atom stereocenters. The zero-order chi connectivity index (χ0) is 12.3. The van der Waals surface area contributed by atoms with E-state index in [0.29, 0.717) is 11.7 Å². The van der Waals surface area contributed by atoms with Gasteiger partial charge in [-0.05, 0) is 49.4 Å². The van der Waals surface area contributed by atoms with Crippen LogP contribution in [0.25, 0.3) is 0 Å². The van der Waals surface area contributed by atoms with E-state index < -0.39 is 0 Å². The summed E-state index contributed by atoms with van der Waals surface area (Å²) in [6.07, 6.45) is 4.41. The minimum absolute atomic E-state index is 0.613. The highest BCUT2D eigenvalue weighted by Crippen LogP contribution is 2.28. The quantitative estimate of drug-likeness (QED) is 0.870. The predicted octanol–water partition coefficient (Wildman–Crippen LogP) is 2.46. The van der Waals surface area contributed by atoms with Gasteiger partial charge in [0.2, 0.25) is 0 Å². The normalized spacial score (nSPS) is 18.8. The summed E-state index contributed by atoms with van der Waals surface area (Å²) >= 11 is 0. The number of nitrogen functional groups attached to an aromatic ring is 1. The zero-order valence-electron chi connectivity index (χ0n) is 10.8. The molecule has 0 amide bonds. The Morgan fingerprint density at radius 2 is 2.06 bits per heavy atom. The number of hydrogen-bond acceptors (Lipinski definition) is 3. The molecule has 1 saturated heterocycles. The number of nitrogens with zero attached hydrogens (tertiary/aromatic N) is 2. The second-order valence-corrected chi connectivity index (χ2v) is 5.27. The molecule has 0 bridgehead atoms. The highest BCUT2D eigenvalue weighted by atomic mass is 15.1. The van der Waals surface area contributed by atoms with Crippen molar-refractivity contribution in [2.45, 2.75) is 32.6 Å². The number of hydrogen-bond donors (Lipinski definition) is 1. The lowest BCUT2D eigenvalue weighted by atomic mass is 9.90. The molecular formula is C14H22N3. The van der Waals surface area contributed by atoms with Gasteiger partial charge in [0.15, 0.2) is 0 Å². The van der Waals surface area contributed by atoms with Crippen LogP contribution in [0.15, 0.2) is 18.3 Å². The van der Waals surface area contributed by atoms with Gasteiger partial charge in [0.25, 0.3) is 0 Å². The lowest BCUT2D eigenvalue weighted by Gasteiger charge is -2.32. The Labute approximate surface area is 104 Å². The Balaban J connectivity index is 1.88. The molecule has 0 saturated carbocycles.